The van der Waals surface area contributed by atoms with E-state index in [1.165, 1.54) is 24.9 Å². The number of benzene rings is 1. The Labute approximate surface area is 122 Å². The first kappa shape index (κ1) is 16.7. The molecule has 0 aliphatic heterocycles. The summed E-state index contributed by atoms with van der Waals surface area (Å²) in [5, 5.41) is 0.333. The molecule has 0 fully saturated rings. The smallest absolute Gasteiger partial charge is 0.0839 e. The van der Waals surface area contributed by atoms with E-state index in [0.29, 0.717) is 5.16 Å². The molecular formula is C17H29PSi. The van der Waals surface area contributed by atoms with Crippen molar-refractivity contribution in [2.45, 2.75) is 66.3 Å². The van der Waals surface area contributed by atoms with E-state index in [2.05, 4.69) is 73.3 Å². The van der Waals surface area contributed by atoms with Crippen LogP contribution in [0.3, 0.4) is 0 Å². The zero-order valence-electron chi connectivity index (χ0n) is 14.1. The Morgan fingerprint density at radius 3 is 1.68 bits per heavy atom. The molecule has 0 saturated carbocycles. The zero-order valence-corrected chi connectivity index (χ0v) is 16.0. The van der Waals surface area contributed by atoms with Gasteiger partial charge >= 0.3 is 0 Å². The molecule has 19 heavy (non-hydrogen) atoms. The molecule has 0 radical (unpaired) electrons. The van der Waals surface area contributed by atoms with Crippen LogP contribution in [0.5, 0.6) is 0 Å². The fourth-order valence-electron chi connectivity index (χ4n) is 2.49. The second-order valence-corrected chi connectivity index (χ2v) is 15.1. The maximum Gasteiger partial charge on any atom is 0.0839 e. The predicted octanol–water partition coefficient (Wildman–Crippen LogP) is 5.75. The van der Waals surface area contributed by atoms with Crippen LogP contribution >= 0.6 is 8.20 Å². The monoisotopic (exact) mass is 292 g/mol. The Bertz CT molecular complexity index is 476. The summed E-state index contributed by atoms with van der Waals surface area (Å²) in [5.74, 6) is 0. The Balaban J connectivity index is 3.57. The minimum atomic E-state index is -1.31. The molecular weight excluding hydrogens is 263 g/mol. The topological polar surface area (TPSA) is 0 Å². The van der Waals surface area contributed by atoms with E-state index in [4.69, 9.17) is 0 Å². The van der Waals surface area contributed by atoms with Crippen LogP contribution in [0.15, 0.2) is 12.1 Å². The van der Waals surface area contributed by atoms with E-state index >= 15 is 0 Å². The van der Waals surface area contributed by atoms with E-state index in [-0.39, 0.29) is 0 Å². The summed E-state index contributed by atoms with van der Waals surface area (Å²) >= 11 is 0. The molecule has 0 saturated heterocycles. The highest BCUT2D eigenvalue weighted by molar-refractivity contribution is 7.53. The minimum Gasteiger partial charge on any atom is -0.0989 e. The molecule has 1 rings (SSSR count). The van der Waals surface area contributed by atoms with Crippen LogP contribution in [0.1, 0.15) is 43.0 Å². The van der Waals surface area contributed by atoms with Crippen molar-refractivity contribution in [2.75, 3.05) is 0 Å². The van der Waals surface area contributed by atoms with Crippen LogP contribution in [0.4, 0.5) is 0 Å². The average Bonchev–Trinajstić information content (AvgIpc) is 2.10. The highest BCUT2D eigenvalue weighted by atomic mass is 31.1. The molecule has 0 N–H and O–H groups in total. The average molecular weight is 292 g/mol. The van der Waals surface area contributed by atoms with Crippen LogP contribution in [-0.2, 0) is 0 Å². The van der Waals surface area contributed by atoms with Gasteiger partial charge in [-0.05, 0) is 42.4 Å². The molecule has 0 atom stereocenters. The molecule has 1 aromatic carbocycles. The van der Waals surface area contributed by atoms with Crippen molar-refractivity contribution >= 4 is 21.2 Å². The standard InChI is InChI=1S/C17H29PSi/c1-12-10-13(2)15(14(3)11-12)16(19(7,8)9)18-17(4,5)6/h10-11H,1-9H3. The second kappa shape index (κ2) is 5.54. The number of aryl methyl sites for hydroxylation is 3. The summed E-state index contributed by atoms with van der Waals surface area (Å²) in [4.78, 5) is 1.70. The first-order valence-electron chi connectivity index (χ1n) is 7.10. The fraction of sp³-hybridized carbons (Fsp3) is 0.588. The fourth-order valence-corrected chi connectivity index (χ4v) is 7.12. The van der Waals surface area contributed by atoms with Gasteiger partial charge in [-0.15, -0.1) is 0 Å². The number of hydrogen-bond donors (Lipinski definition) is 0. The van der Waals surface area contributed by atoms with Gasteiger partial charge in [0.1, 0.15) is 0 Å². The SMILES string of the molecule is Cc1cc(C)c(C(=PC(C)(C)C)[Si](C)(C)C)c(C)c1. The summed E-state index contributed by atoms with van der Waals surface area (Å²) in [6, 6.07) is 4.67. The van der Waals surface area contributed by atoms with Gasteiger partial charge in [0.05, 0.1) is 8.07 Å². The Kier molecular flexibility index (Phi) is 4.86. The van der Waals surface area contributed by atoms with Crippen LogP contribution in [0.2, 0.25) is 19.6 Å². The van der Waals surface area contributed by atoms with Gasteiger partial charge in [0.2, 0.25) is 0 Å². The van der Waals surface area contributed by atoms with Gasteiger partial charge in [0, 0.05) is 5.16 Å². The third-order valence-corrected chi connectivity index (χ3v) is 8.21. The molecule has 0 bridgehead atoms. The van der Waals surface area contributed by atoms with Crippen molar-refractivity contribution in [3.8, 4) is 0 Å². The van der Waals surface area contributed by atoms with Crippen molar-refractivity contribution in [3.05, 3.63) is 34.4 Å². The van der Waals surface area contributed by atoms with Gasteiger partial charge in [-0.25, -0.2) is 0 Å². The molecule has 0 heterocycles. The molecule has 0 unspecified atom stereocenters. The summed E-state index contributed by atoms with van der Waals surface area (Å²) in [7, 11) is 0.189. The van der Waals surface area contributed by atoms with Crippen LogP contribution < -0.4 is 0 Å². The summed E-state index contributed by atoms with van der Waals surface area (Å²) in [6.45, 7) is 21.2. The molecule has 0 spiro atoms. The lowest BCUT2D eigenvalue weighted by Gasteiger charge is -2.27. The molecule has 106 valence electrons. The lowest BCUT2D eigenvalue weighted by Crippen LogP contribution is -2.35. The Morgan fingerprint density at radius 1 is 0.947 bits per heavy atom. The first-order valence-corrected chi connectivity index (χ1v) is 11.5. The maximum absolute atomic E-state index is 2.47. The molecule has 0 amide bonds. The van der Waals surface area contributed by atoms with E-state index in [0.717, 1.165) is 0 Å². The number of hydrogen-bond acceptors (Lipinski definition) is 0. The van der Waals surface area contributed by atoms with Gasteiger partial charge in [0.15, 0.2) is 0 Å². The molecule has 2 heteroatoms. The van der Waals surface area contributed by atoms with Crippen molar-refractivity contribution in [3.63, 3.8) is 0 Å². The van der Waals surface area contributed by atoms with Crippen molar-refractivity contribution < 1.29 is 0 Å². The zero-order chi connectivity index (χ0) is 15.0. The minimum absolute atomic E-state index is 0.333. The lowest BCUT2D eigenvalue weighted by molar-refractivity contribution is 0.802. The van der Waals surface area contributed by atoms with Gasteiger partial charge in [-0.2, -0.15) is 0 Å². The second-order valence-electron chi connectivity index (χ2n) is 7.65. The van der Waals surface area contributed by atoms with Crippen molar-refractivity contribution in [2.24, 2.45) is 0 Å². The third-order valence-electron chi connectivity index (χ3n) is 3.07. The third kappa shape index (κ3) is 4.58. The predicted molar refractivity (Wildman–Crippen MR) is 94.8 cm³/mol. The van der Waals surface area contributed by atoms with Gasteiger partial charge in [-0.1, -0.05) is 66.3 Å². The van der Waals surface area contributed by atoms with E-state index < -0.39 is 8.07 Å². The highest BCUT2D eigenvalue weighted by Crippen LogP contribution is 2.32. The van der Waals surface area contributed by atoms with Crippen LogP contribution in [-0.4, -0.2) is 18.1 Å². The molecule has 0 aliphatic carbocycles. The maximum atomic E-state index is 2.47. The Morgan fingerprint density at radius 2 is 1.37 bits per heavy atom. The quantitative estimate of drug-likeness (QED) is 0.480. The Hall–Kier alpha value is -0.393. The highest BCUT2D eigenvalue weighted by Gasteiger charge is 2.26. The van der Waals surface area contributed by atoms with E-state index in [1.54, 1.807) is 10.5 Å². The van der Waals surface area contributed by atoms with Gasteiger partial charge in [-0.3, -0.25) is 0 Å². The molecule has 1 aromatic rings. The molecule has 0 nitrogen and oxygen atoms in total. The first-order chi connectivity index (χ1) is 8.42. The van der Waals surface area contributed by atoms with Gasteiger partial charge < -0.3 is 0 Å². The summed E-state index contributed by atoms with van der Waals surface area (Å²) < 4.78 is 0. The van der Waals surface area contributed by atoms with E-state index in [1.807, 2.05) is 0 Å². The van der Waals surface area contributed by atoms with Crippen molar-refractivity contribution in [1.82, 2.24) is 0 Å². The van der Waals surface area contributed by atoms with Crippen LogP contribution in [0.25, 0.3) is 0 Å². The van der Waals surface area contributed by atoms with Gasteiger partial charge in [0.25, 0.3) is 0 Å². The largest absolute Gasteiger partial charge is 0.0989 e. The van der Waals surface area contributed by atoms with Crippen molar-refractivity contribution in [1.29, 1.82) is 0 Å². The lowest BCUT2D eigenvalue weighted by atomic mass is 10.0. The summed E-state index contributed by atoms with van der Waals surface area (Å²) in [5.41, 5.74) is 5.82. The van der Waals surface area contributed by atoms with E-state index in [9.17, 15) is 0 Å². The molecule has 0 aliphatic rings. The number of rotatable bonds is 2. The van der Waals surface area contributed by atoms with Crippen LogP contribution in [0, 0.1) is 20.8 Å². The normalized spacial score (nSPS) is 13.8. The molecule has 0 aromatic heterocycles. The summed E-state index contributed by atoms with van der Waals surface area (Å²) in [6.07, 6.45) is 0.